The molecule has 0 aromatic heterocycles. The number of carbonyl (C=O) groups excluding carboxylic acids is 5. The van der Waals surface area contributed by atoms with E-state index in [0.717, 1.165) is 32.4 Å². The van der Waals surface area contributed by atoms with Gasteiger partial charge in [0.1, 0.15) is 11.5 Å². The summed E-state index contributed by atoms with van der Waals surface area (Å²) in [4.78, 5) is 61.0. The van der Waals surface area contributed by atoms with Crippen molar-refractivity contribution in [1.29, 1.82) is 0 Å². The Hall–Kier alpha value is -5.03. The van der Waals surface area contributed by atoms with Crippen LogP contribution in [0.2, 0.25) is 0 Å². The zero-order valence-electron chi connectivity index (χ0n) is 28.6. The Bertz CT molecular complexity index is 1710. The molecule has 2 atom stereocenters. The van der Waals surface area contributed by atoms with E-state index < -0.39 is 69.7 Å². The van der Waals surface area contributed by atoms with Gasteiger partial charge in [0.25, 0.3) is 5.91 Å². The van der Waals surface area contributed by atoms with Gasteiger partial charge in [-0.1, -0.05) is 13.8 Å². The molecule has 0 fully saturated rings. The van der Waals surface area contributed by atoms with Crippen LogP contribution in [0.25, 0.3) is 0 Å². The van der Waals surface area contributed by atoms with Crippen LogP contribution in [0.4, 0.5) is 36.8 Å². The summed E-state index contributed by atoms with van der Waals surface area (Å²) in [5.41, 5.74) is -6.07. The van der Waals surface area contributed by atoms with Crippen molar-refractivity contribution >= 4 is 35.4 Å². The molecule has 0 saturated carbocycles. The number of anilines is 1. The molecule has 18 heteroatoms. The molecule has 2 aromatic rings. The van der Waals surface area contributed by atoms with Crippen LogP contribution in [0, 0.1) is 0 Å². The molecule has 280 valence electrons. The summed E-state index contributed by atoms with van der Waals surface area (Å²) in [5, 5.41) is 2.39. The van der Waals surface area contributed by atoms with Crippen molar-refractivity contribution in [3.8, 4) is 11.5 Å². The average molecular weight is 735 g/mol. The molecule has 1 N–H and O–H groups in total. The minimum atomic E-state index is -4.84. The summed E-state index contributed by atoms with van der Waals surface area (Å²) in [6.45, 7) is 6.26. The van der Waals surface area contributed by atoms with Crippen molar-refractivity contribution in [2.24, 2.45) is 0 Å². The highest BCUT2D eigenvalue weighted by atomic mass is 19.4. The fraction of sp³-hybridized carbons (Fsp3) is 0.485. The van der Waals surface area contributed by atoms with Crippen LogP contribution in [0.15, 0.2) is 24.3 Å². The van der Waals surface area contributed by atoms with E-state index in [2.05, 4.69) is 19.5 Å². The number of fused-ring (bicyclic) bond motifs is 2. The summed E-state index contributed by atoms with van der Waals surface area (Å²) in [5.74, 6) is -3.29. The number of carbonyl (C=O) groups is 5. The third-order valence-corrected chi connectivity index (χ3v) is 8.46. The number of esters is 2. The van der Waals surface area contributed by atoms with Gasteiger partial charge in [0.15, 0.2) is 17.0 Å². The number of alkyl carbamates (subject to hydrolysis) is 1. The van der Waals surface area contributed by atoms with Gasteiger partial charge in [-0.15, -0.1) is 0 Å². The predicted octanol–water partition coefficient (Wildman–Crippen LogP) is 5.91. The van der Waals surface area contributed by atoms with Crippen molar-refractivity contribution in [3.63, 3.8) is 0 Å². The van der Waals surface area contributed by atoms with Crippen molar-refractivity contribution in [3.05, 3.63) is 52.1 Å². The quantitative estimate of drug-likeness (QED) is 0.207. The van der Waals surface area contributed by atoms with Gasteiger partial charge in [0.05, 0.1) is 49.3 Å². The van der Waals surface area contributed by atoms with Crippen LogP contribution < -0.4 is 19.7 Å². The number of benzene rings is 2. The van der Waals surface area contributed by atoms with E-state index in [1.807, 2.05) is 0 Å². The number of nitrogens with zero attached hydrogens (tertiary/aromatic N) is 1. The van der Waals surface area contributed by atoms with Crippen LogP contribution >= 0.6 is 0 Å². The third-order valence-electron chi connectivity index (χ3n) is 8.46. The molecular weight excluding hydrogens is 698 g/mol. The first-order valence-electron chi connectivity index (χ1n) is 15.3. The molecule has 4 rings (SSSR count). The molecule has 0 aliphatic carbocycles. The lowest BCUT2D eigenvalue weighted by molar-refractivity contribution is -0.139. The highest BCUT2D eigenvalue weighted by Gasteiger charge is 2.46. The second kappa shape index (κ2) is 15.1. The van der Waals surface area contributed by atoms with Gasteiger partial charge in [-0.25, -0.2) is 14.4 Å². The summed E-state index contributed by atoms with van der Waals surface area (Å²) in [6, 6.07) is 3.39. The number of alkyl halides is 6. The van der Waals surface area contributed by atoms with E-state index in [9.17, 15) is 50.3 Å². The summed E-state index contributed by atoms with van der Waals surface area (Å²) in [7, 11) is 3.12. The van der Waals surface area contributed by atoms with E-state index in [4.69, 9.17) is 9.47 Å². The zero-order valence-corrected chi connectivity index (χ0v) is 28.6. The second-order valence-electron chi connectivity index (χ2n) is 11.7. The summed E-state index contributed by atoms with van der Waals surface area (Å²) >= 11 is 0. The molecule has 0 spiro atoms. The number of halogens is 6. The fourth-order valence-electron chi connectivity index (χ4n) is 5.14. The van der Waals surface area contributed by atoms with Crippen molar-refractivity contribution in [2.75, 3.05) is 39.3 Å². The maximum Gasteiger partial charge on any atom is 0.417 e. The first-order valence-corrected chi connectivity index (χ1v) is 15.3. The molecule has 2 heterocycles. The number of ether oxygens (including phenoxy) is 5. The topological polar surface area (TPSA) is 147 Å². The monoisotopic (exact) mass is 734 g/mol. The molecule has 2 aliphatic heterocycles. The van der Waals surface area contributed by atoms with E-state index in [1.165, 1.54) is 18.9 Å². The van der Waals surface area contributed by atoms with E-state index in [0.29, 0.717) is 12.5 Å². The number of nitrogens with one attached hydrogen (secondary N) is 1. The van der Waals surface area contributed by atoms with Gasteiger partial charge in [-0.3, -0.25) is 9.59 Å². The SMILES string of the molecule is CCC1(C)Oc2cc(C(F)(F)F)c(C(=O)OC)cc2CC1=O.CCC1(C)Oc2cc(C(F)(F)F)c(C(=O)OC)cc2N(CCNC(=O)OC)C1=O. The molecule has 2 aliphatic rings. The molecular formula is C33H36F6N2O10. The van der Waals surface area contributed by atoms with E-state index >= 15 is 0 Å². The maximum absolute atomic E-state index is 13.5. The Morgan fingerprint density at radius 3 is 1.75 bits per heavy atom. The lowest BCUT2D eigenvalue weighted by atomic mass is 9.87. The number of rotatable bonds is 7. The summed E-state index contributed by atoms with van der Waals surface area (Å²) < 4.78 is 104. The number of Topliss-reactive ketones (excluding diaryl/α,β-unsaturated/α-hetero) is 1. The van der Waals surface area contributed by atoms with Crippen LogP contribution in [0.3, 0.4) is 0 Å². The maximum atomic E-state index is 13.5. The van der Waals surface area contributed by atoms with E-state index in [-0.39, 0.29) is 54.5 Å². The molecule has 0 radical (unpaired) electrons. The number of hydrogen-bond acceptors (Lipinski definition) is 10. The van der Waals surface area contributed by atoms with E-state index in [1.54, 1.807) is 20.8 Å². The molecule has 12 nitrogen and oxygen atoms in total. The Balaban J connectivity index is 0.000000286. The Morgan fingerprint density at radius 2 is 1.27 bits per heavy atom. The number of hydrogen-bond donors (Lipinski definition) is 1. The standard InChI is InChI=1S/C18H21F3N2O6.C15H15F3O4/c1-5-17(2)15(25)23(7-6-22-16(26)28-4)12-8-10(14(24)27-3)11(18(19,20)21)9-13(12)29-17;1-4-14(2)12(19)6-8-5-9(13(20)21-3)10(15(16,17)18)7-11(8)22-14/h8-9H,5-7H2,1-4H3,(H,22,26);5,7H,4,6H2,1-3H3. The fourth-order valence-corrected chi connectivity index (χ4v) is 5.14. The predicted molar refractivity (Wildman–Crippen MR) is 166 cm³/mol. The van der Waals surface area contributed by atoms with Crippen LogP contribution in [-0.2, 0) is 42.6 Å². The van der Waals surface area contributed by atoms with Gasteiger partial charge in [0.2, 0.25) is 0 Å². The Kier molecular flexibility index (Phi) is 11.9. The van der Waals surface area contributed by atoms with Gasteiger partial charge < -0.3 is 33.9 Å². The number of ketones is 1. The minimum Gasteiger partial charge on any atom is -0.479 e. The normalized spacial score (nSPS) is 19.7. The smallest absolute Gasteiger partial charge is 0.417 e. The third kappa shape index (κ3) is 8.48. The molecule has 2 unspecified atom stereocenters. The molecule has 0 saturated heterocycles. The molecule has 51 heavy (non-hydrogen) atoms. The second-order valence-corrected chi connectivity index (χ2v) is 11.7. The van der Waals surface area contributed by atoms with Crippen molar-refractivity contribution < 1.29 is 74.0 Å². The van der Waals surface area contributed by atoms with Gasteiger partial charge in [-0.05, 0) is 51.0 Å². The van der Waals surface area contributed by atoms with Crippen molar-refractivity contribution in [1.82, 2.24) is 5.32 Å². The van der Waals surface area contributed by atoms with Crippen LogP contribution in [0.5, 0.6) is 11.5 Å². The average Bonchev–Trinajstić information content (AvgIpc) is 3.08. The number of methoxy groups -OCH3 is 3. The lowest BCUT2D eigenvalue weighted by Crippen LogP contribution is -2.55. The molecule has 2 aromatic carbocycles. The Labute approximate surface area is 288 Å². The highest BCUT2D eigenvalue weighted by molar-refractivity contribution is 6.04. The largest absolute Gasteiger partial charge is 0.479 e. The Morgan fingerprint density at radius 1 is 0.784 bits per heavy atom. The van der Waals surface area contributed by atoms with Gasteiger partial charge >= 0.3 is 30.4 Å². The van der Waals surface area contributed by atoms with Crippen LogP contribution in [-0.4, -0.2) is 75.3 Å². The number of amides is 2. The zero-order chi connectivity index (χ0) is 38.7. The van der Waals surface area contributed by atoms with Crippen LogP contribution in [0.1, 0.15) is 77.9 Å². The molecule has 2 amide bonds. The van der Waals surface area contributed by atoms with Gasteiger partial charge in [0, 0.05) is 25.1 Å². The minimum absolute atomic E-state index is 0.0241. The highest BCUT2D eigenvalue weighted by Crippen LogP contribution is 2.45. The first-order chi connectivity index (χ1) is 23.6. The molecule has 0 bridgehead atoms. The lowest BCUT2D eigenvalue weighted by Gasteiger charge is -2.40. The van der Waals surface area contributed by atoms with Crippen molar-refractivity contribution in [2.45, 2.75) is 70.5 Å². The summed E-state index contributed by atoms with van der Waals surface area (Å²) in [6.07, 6.45) is -9.86. The first kappa shape index (κ1) is 40.4. The van der Waals surface area contributed by atoms with Gasteiger partial charge in [-0.2, -0.15) is 26.3 Å².